The Morgan fingerprint density at radius 3 is 1.40 bits per heavy atom. The summed E-state index contributed by atoms with van der Waals surface area (Å²) in [6, 6.07) is 18.9. The Morgan fingerprint density at radius 2 is 1.00 bits per heavy atom. The minimum Gasteiger partial charge on any atom is -0.288 e. The Bertz CT molecular complexity index is 2140. The summed E-state index contributed by atoms with van der Waals surface area (Å²) in [5, 5.41) is 0. The minimum absolute atomic E-state index is 0.117. The Hall–Kier alpha value is -5.43. The van der Waals surface area contributed by atoms with Crippen LogP contribution in [0.15, 0.2) is 90.5 Å². The molecule has 3 aromatic carbocycles. The van der Waals surface area contributed by atoms with E-state index in [4.69, 9.17) is 9.97 Å². The molecule has 0 atom stereocenters. The number of carbonyl (C=O) groups is 2. The van der Waals surface area contributed by atoms with Crippen LogP contribution in [0, 0.1) is 13.8 Å². The van der Waals surface area contributed by atoms with E-state index in [0.29, 0.717) is 22.8 Å². The quantitative estimate of drug-likeness (QED) is 0.124. The summed E-state index contributed by atoms with van der Waals surface area (Å²) in [5.41, 5.74) is 11.5. The zero-order valence-corrected chi connectivity index (χ0v) is 31.9. The van der Waals surface area contributed by atoms with E-state index < -0.39 is 0 Å². The average Bonchev–Trinajstić information content (AvgIpc) is 3.54. The fourth-order valence-electron chi connectivity index (χ4n) is 7.52. The van der Waals surface area contributed by atoms with E-state index in [1.165, 1.54) is 28.5 Å². The Labute approximate surface area is 307 Å². The van der Waals surface area contributed by atoms with Crippen molar-refractivity contribution in [1.29, 1.82) is 0 Å². The van der Waals surface area contributed by atoms with Gasteiger partial charge in [0.25, 0.3) is 0 Å². The van der Waals surface area contributed by atoms with E-state index >= 15 is 0 Å². The van der Waals surface area contributed by atoms with Gasteiger partial charge >= 0.3 is 0 Å². The third-order valence-electron chi connectivity index (χ3n) is 10.5. The predicted octanol–water partition coefficient (Wildman–Crippen LogP) is 11.3. The second kappa shape index (κ2) is 13.3. The normalized spacial score (nSPS) is 15.0. The number of carbonyl (C=O) groups excluding carboxylic acids is 2. The summed E-state index contributed by atoms with van der Waals surface area (Å²) < 4.78 is 0. The van der Waals surface area contributed by atoms with Gasteiger partial charge in [0.05, 0.1) is 33.5 Å². The summed E-state index contributed by atoms with van der Waals surface area (Å²) >= 11 is 0. The van der Waals surface area contributed by atoms with Gasteiger partial charge in [-0.3, -0.25) is 24.4 Å². The number of fused-ring (bicyclic) bond motifs is 3. The van der Waals surface area contributed by atoms with Crippen molar-refractivity contribution in [2.75, 3.05) is 9.80 Å². The van der Waals surface area contributed by atoms with Gasteiger partial charge in [0.1, 0.15) is 5.82 Å². The van der Waals surface area contributed by atoms with Crippen molar-refractivity contribution in [1.82, 2.24) is 15.0 Å². The smallest absolute Gasteiger partial charge is 0.199 e. The molecule has 1 aliphatic carbocycles. The number of ketones is 2. The number of rotatable bonds is 7. The largest absolute Gasteiger partial charge is 0.288 e. The Morgan fingerprint density at radius 1 is 0.577 bits per heavy atom. The Kier molecular flexibility index (Phi) is 8.94. The molecule has 0 amide bonds. The maximum Gasteiger partial charge on any atom is 0.199 e. The lowest BCUT2D eigenvalue weighted by Crippen LogP contribution is -2.26. The maximum absolute atomic E-state index is 13.7. The van der Waals surface area contributed by atoms with Crippen LogP contribution in [-0.2, 0) is 0 Å². The summed E-state index contributed by atoms with van der Waals surface area (Å²) in [6.45, 7) is 21.9. The highest BCUT2D eigenvalue weighted by Gasteiger charge is 2.41. The molecule has 7 heteroatoms. The van der Waals surface area contributed by atoms with Crippen LogP contribution in [0.4, 0.5) is 23.0 Å². The molecule has 2 aromatic heterocycles. The number of Topliss-reactive ketones (excluding diaryl/α,β-unsaturated/α-hetero) is 2. The molecule has 264 valence electrons. The van der Waals surface area contributed by atoms with Gasteiger partial charge in [0.2, 0.25) is 0 Å². The molecule has 2 aliphatic rings. The van der Waals surface area contributed by atoms with Gasteiger partial charge in [-0.15, -0.1) is 0 Å². The predicted molar refractivity (Wildman–Crippen MR) is 212 cm³/mol. The molecule has 0 bridgehead atoms. The van der Waals surface area contributed by atoms with Crippen LogP contribution in [0.5, 0.6) is 0 Å². The van der Waals surface area contributed by atoms with Crippen molar-refractivity contribution >= 4 is 45.6 Å². The van der Waals surface area contributed by atoms with Gasteiger partial charge in [-0.2, -0.15) is 0 Å². The van der Waals surface area contributed by atoms with E-state index in [9.17, 15) is 9.59 Å². The van der Waals surface area contributed by atoms with Crippen molar-refractivity contribution in [2.45, 2.75) is 92.9 Å². The lowest BCUT2D eigenvalue weighted by Gasteiger charge is -2.32. The van der Waals surface area contributed by atoms with Crippen molar-refractivity contribution in [3.05, 3.63) is 135 Å². The molecule has 0 saturated carbocycles. The highest BCUT2D eigenvalue weighted by atomic mass is 16.2. The summed E-state index contributed by atoms with van der Waals surface area (Å²) in [7, 11) is 0. The number of allylic oxidation sites excluding steroid dienone is 3. The summed E-state index contributed by atoms with van der Waals surface area (Å²) in [5.74, 6) is 2.33. The van der Waals surface area contributed by atoms with Crippen LogP contribution in [0.2, 0.25) is 0 Å². The number of hydrogen-bond acceptors (Lipinski definition) is 7. The molecule has 1 aliphatic heterocycles. The second-order valence-electron chi connectivity index (χ2n) is 15.3. The molecular formula is C45H47N5O2. The molecule has 0 unspecified atom stereocenters. The van der Waals surface area contributed by atoms with Gasteiger partial charge in [-0.1, -0.05) is 91.8 Å². The first-order chi connectivity index (χ1) is 24.8. The van der Waals surface area contributed by atoms with Gasteiger partial charge < -0.3 is 0 Å². The molecule has 3 heterocycles. The number of hydrogen-bond donors (Lipinski definition) is 0. The van der Waals surface area contributed by atoms with Crippen molar-refractivity contribution in [2.24, 2.45) is 0 Å². The zero-order valence-electron chi connectivity index (χ0n) is 31.9. The number of pyridine rings is 1. The van der Waals surface area contributed by atoms with Gasteiger partial charge in [0, 0.05) is 18.0 Å². The van der Waals surface area contributed by atoms with Crippen LogP contribution < -0.4 is 9.80 Å². The van der Waals surface area contributed by atoms with Crippen LogP contribution in [0.3, 0.4) is 0 Å². The lowest BCUT2D eigenvalue weighted by atomic mass is 9.91. The number of nitrogens with zero attached hydrogens (tertiary/aromatic N) is 5. The van der Waals surface area contributed by atoms with Crippen molar-refractivity contribution in [3.8, 4) is 0 Å². The molecule has 0 radical (unpaired) electrons. The molecule has 7 nitrogen and oxygen atoms in total. The van der Waals surface area contributed by atoms with Crippen molar-refractivity contribution < 1.29 is 9.59 Å². The highest BCUT2D eigenvalue weighted by Crippen LogP contribution is 2.54. The first-order valence-electron chi connectivity index (χ1n) is 18.4. The molecule has 52 heavy (non-hydrogen) atoms. The van der Waals surface area contributed by atoms with Crippen LogP contribution in [0.1, 0.15) is 133 Å². The maximum atomic E-state index is 13.7. The van der Waals surface area contributed by atoms with Gasteiger partial charge in [-0.05, 0) is 101 Å². The molecule has 0 fully saturated rings. The first kappa shape index (κ1) is 35.0. The van der Waals surface area contributed by atoms with Crippen LogP contribution in [0.25, 0.3) is 11.0 Å². The van der Waals surface area contributed by atoms with E-state index in [1.807, 2.05) is 6.08 Å². The SMILES string of the molecule is Cc1cc2nc3c(nc2cc1C)N(c1c(C(C)C)cccc1C(C)C)C(=C/C=C1\C(=O)c2ccncc2C1=O)N3c1c(C(C)C)cccc1C(C)C. The van der Waals surface area contributed by atoms with Crippen molar-refractivity contribution in [3.63, 3.8) is 0 Å². The third kappa shape index (κ3) is 5.63. The minimum atomic E-state index is -0.317. The van der Waals surface area contributed by atoms with E-state index in [-0.39, 0.29) is 40.8 Å². The Balaban J connectivity index is 1.64. The van der Waals surface area contributed by atoms with Crippen LogP contribution in [-0.4, -0.2) is 26.5 Å². The number of anilines is 4. The van der Waals surface area contributed by atoms with E-state index in [2.05, 4.69) is 133 Å². The molecular weight excluding hydrogens is 643 g/mol. The molecule has 5 aromatic rings. The monoisotopic (exact) mass is 689 g/mol. The summed E-state index contributed by atoms with van der Waals surface area (Å²) in [6.07, 6.45) is 6.66. The molecule has 0 saturated heterocycles. The van der Waals surface area contributed by atoms with E-state index in [1.54, 1.807) is 18.3 Å². The lowest BCUT2D eigenvalue weighted by molar-refractivity contribution is 0.0988. The molecule has 7 rings (SSSR count). The number of aromatic nitrogens is 3. The third-order valence-corrected chi connectivity index (χ3v) is 10.5. The van der Waals surface area contributed by atoms with E-state index in [0.717, 1.165) is 39.4 Å². The fourth-order valence-corrected chi connectivity index (χ4v) is 7.52. The van der Waals surface area contributed by atoms with Crippen LogP contribution >= 0.6 is 0 Å². The van der Waals surface area contributed by atoms with Gasteiger partial charge in [0.15, 0.2) is 23.2 Å². The second-order valence-corrected chi connectivity index (χ2v) is 15.3. The molecule has 0 N–H and O–H groups in total. The number of para-hydroxylation sites is 2. The first-order valence-corrected chi connectivity index (χ1v) is 18.4. The van der Waals surface area contributed by atoms with Gasteiger partial charge in [-0.25, -0.2) is 9.97 Å². The zero-order chi connectivity index (χ0) is 37.2. The fraction of sp³-hybridized carbons (Fsp3) is 0.311. The molecule has 0 spiro atoms. The number of aryl methyl sites for hydroxylation is 2. The topological polar surface area (TPSA) is 79.3 Å². The summed E-state index contributed by atoms with van der Waals surface area (Å²) in [4.78, 5) is 47.0. The average molecular weight is 690 g/mol. The highest BCUT2D eigenvalue weighted by molar-refractivity contribution is 6.39. The number of benzene rings is 3. The standard InChI is InChI=1S/C45H47N5O2/c1-24(2)30-13-11-14-31(25(3)4)40(30)49-39(18-17-35-42(51)34-19-20-46-23-36(34)43(35)52)50(41-32(26(5)6)15-12-16-33(41)27(7)8)45-44(49)47-37-21-28(9)29(10)22-38(37)48-45/h11-27H,1-10H3/b35-17+.